The van der Waals surface area contributed by atoms with Crippen LogP contribution >= 0.6 is 0 Å². The molecular formula is C15H30. The molecule has 0 N–H and O–H groups in total. The first-order valence-corrected chi connectivity index (χ1v) is 7.38. The SMILES string of the molecule is CCCCCC[C@@H]1CCCC[C@H]1CCC. The van der Waals surface area contributed by atoms with Crippen molar-refractivity contribution in [3.63, 3.8) is 0 Å². The summed E-state index contributed by atoms with van der Waals surface area (Å²) in [5.74, 6) is 2.18. The van der Waals surface area contributed by atoms with Gasteiger partial charge in [-0.3, -0.25) is 0 Å². The average Bonchev–Trinajstić information content (AvgIpc) is 2.27. The monoisotopic (exact) mass is 210 g/mol. The lowest BCUT2D eigenvalue weighted by molar-refractivity contribution is 0.205. The van der Waals surface area contributed by atoms with Gasteiger partial charge < -0.3 is 0 Å². The van der Waals surface area contributed by atoms with Crippen LogP contribution in [0.5, 0.6) is 0 Å². The molecule has 0 aromatic carbocycles. The Hall–Kier alpha value is 0. The van der Waals surface area contributed by atoms with E-state index >= 15 is 0 Å². The van der Waals surface area contributed by atoms with Gasteiger partial charge in [-0.25, -0.2) is 0 Å². The lowest BCUT2D eigenvalue weighted by atomic mass is 9.75. The summed E-state index contributed by atoms with van der Waals surface area (Å²) < 4.78 is 0. The number of hydrogen-bond acceptors (Lipinski definition) is 0. The van der Waals surface area contributed by atoms with E-state index in [2.05, 4.69) is 13.8 Å². The molecule has 90 valence electrons. The Kier molecular flexibility index (Phi) is 7.13. The molecule has 1 fully saturated rings. The first kappa shape index (κ1) is 13.1. The Labute approximate surface area is 96.8 Å². The van der Waals surface area contributed by atoms with Gasteiger partial charge in [0.1, 0.15) is 0 Å². The van der Waals surface area contributed by atoms with Gasteiger partial charge in [-0.05, 0) is 11.8 Å². The topological polar surface area (TPSA) is 0 Å². The van der Waals surface area contributed by atoms with Crippen LogP contribution in [0.3, 0.4) is 0 Å². The Bertz CT molecular complexity index is 137. The van der Waals surface area contributed by atoms with Crippen molar-refractivity contribution in [2.75, 3.05) is 0 Å². The highest BCUT2D eigenvalue weighted by Gasteiger charge is 2.23. The molecule has 0 nitrogen and oxygen atoms in total. The quantitative estimate of drug-likeness (QED) is 0.482. The Morgan fingerprint density at radius 2 is 1.40 bits per heavy atom. The fraction of sp³-hybridized carbons (Fsp3) is 1.00. The van der Waals surface area contributed by atoms with Gasteiger partial charge in [0.25, 0.3) is 0 Å². The molecule has 0 aliphatic heterocycles. The summed E-state index contributed by atoms with van der Waals surface area (Å²) in [7, 11) is 0. The van der Waals surface area contributed by atoms with E-state index in [9.17, 15) is 0 Å². The zero-order valence-electron chi connectivity index (χ0n) is 10.9. The highest BCUT2D eigenvalue weighted by molar-refractivity contribution is 4.75. The second-order valence-corrected chi connectivity index (χ2v) is 5.44. The minimum absolute atomic E-state index is 1.09. The first-order valence-electron chi connectivity index (χ1n) is 7.38. The van der Waals surface area contributed by atoms with Gasteiger partial charge in [0.15, 0.2) is 0 Å². The van der Waals surface area contributed by atoms with Gasteiger partial charge in [-0.15, -0.1) is 0 Å². The first-order chi connectivity index (χ1) is 7.38. The number of rotatable bonds is 7. The number of unbranched alkanes of at least 4 members (excludes halogenated alkanes) is 3. The molecular weight excluding hydrogens is 180 g/mol. The third-order valence-corrected chi connectivity index (χ3v) is 4.15. The van der Waals surface area contributed by atoms with E-state index in [0.717, 1.165) is 11.8 Å². The maximum absolute atomic E-state index is 2.35. The predicted molar refractivity (Wildman–Crippen MR) is 69.1 cm³/mol. The Balaban J connectivity index is 2.17. The zero-order chi connectivity index (χ0) is 10.9. The van der Waals surface area contributed by atoms with E-state index in [1.54, 1.807) is 0 Å². The molecule has 0 amide bonds. The van der Waals surface area contributed by atoms with Gasteiger partial charge in [0.2, 0.25) is 0 Å². The smallest absolute Gasteiger partial charge is 0.0386 e. The standard InChI is InChI=1S/C15H30/c1-3-5-6-7-11-15-13-9-8-12-14(15)10-4-2/h14-15H,3-13H2,1-2H3/t14-,15-/m1/s1. The van der Waals surface area contributed by atoms with E-state index < -0.39 is 0 Å². The van der Waals surface area contributed by atoms with Crippen LogP contribution in [-0.2, 0) is 0 Å². The largest absolute Gasteiger partial charge is 0.0654 e. The second kappa shape index (κ2) is 8.19. The van der Waals surface area contributed by atoms with Crippen LogP contribution in [0.2, 0.25) is 0 Å². The summed E-state index contributed by atoms with van der Waals surface area (Å²) in [6.07, 6.45) is 16.3. The van der Waals surface area contributed by atoms with Gasteiger partial charge >= 0.3 is 0 Å². The van der Waals surface area contributed by atoms with Crippen molar-refractivity contribution in [3.05, 3.63) is 0 Å². The van der Waals surface area contributed by atoms with Crippen LogP contribution in [0.1, 0.15) is 84.5 Å². The molecule has 1 aliphatic carbocycles. The highest BCUT2D eigenvalue weighted by atomic mass is 14.3. The van der Waals surface area contributed by atoms with Crippen molar-refractivity contribution < 1.29 is 0 Å². The maximum atomic E-state index is 2.35. The zero-order valence-corrected chi connectivity index (χ0v) is 10.9. The molecule has 15 heavy (non-hydrogen) atoms. The van der Waals surface area contributed by atoms with Crippen molar-refractivity contribution in [3.8, 4) is 0 Å². The lowest BCUT2D eigenvalue weighted by Crippen LogP contribution is -2.19. The van der Waals surface area contributed by atoms with Crippen LogP contribution in [0.25, 0.3) is 0 Å². The normalized spacial score (nSPS) is 26.8. The van der Waals surface area contributed by atoms with Crippen molar-refractivity contribution >= 4 is 0 Å². The summed E-state index contributed by atoms with van der Waals surface area (Å²) in [5, 5.41) is 0. The molecule has 0 bridgehead atoms. The van der Waals surface area contributed by atoms with Crippen molar-refractivity contribution in [2.24, 2.45) is 11.8 Å². The molecule has 1 rings (SSSR count). The average molecular weight is 210 g/mol. The second-order valence-electron chi connectivity index (χ2n) is 5.44. The predicted octanol–water partition coefficient (Wildman–Crippen LogP) is 5.56. The third kappa shape index (κ3) is 5.04. The molecule has 0 saturated heterocycles. The molecule has 0 spiro atoms. The van der Waals surface area contributed by atoms with Crippen molar-refractivity contribution in [1.82, 2.24) is 0 Å². The molecule has 0 radical (unpaired) electrons. The summed E-state index contributed by atoms with van der Waals surface area (Å²) >= 11 is 0. The van der Waals surface area contributed by atoms with E-state index in [1.165, 1.54) is 70.6 Å². The Morgan fingerprint density at radius 1 is 0.733 bits per heavy atom. The van der Waals surface area contributed by atoms with Crippen molar-refractivity contribution in [2.45, 2.75) is 84.5 Å². The summed E-state index contributed by atoms with van der Waals surface area (Å²) in [6, 6.07) is 0. The highest BCUT2D eigenvalue weighted by Crippen LogP contribution is 2.36. The molecule has 0 aromatic heterocycles. The van der Waals surface area contributed by atoms with Gasteiger partial charge in [0, 0.05) is 0 Å². The van der Waals surface area contributed by atoms with Gasteiger partial charge in [-0.1, -0.05) is 84.5 Å². The molecule has 1 saturated carbocycles. The minimum Gasteiger partial charge on any atom is -0.0654 e. The van der Waals surface area contributed by atoms with Crippen LogP contribution in [0.15, 0.2) is 0 Å². The summed E-state index contributed by atoms with van der Waals surface area (Å²) in [5.41, 5.74) is 0. The van der Waals surface area contributed by atoms with Gasteiger partial charge in [-0.2, -0.15) is 0 Å². The molecule has 0 heteroatoms. The van der Waals surface area contributed by atoms with E-state index in [1.807, 2.05) is 0 Å². The van der Waals surface area contributed by atoms with Crippen LogP contribution in [0.4, 0.5) is 0 Å². The fourth-order valence-electron chi connectivity index (χ4n) is 3.25. The van der Waals surface area contributed by atoms with Crippen LogP contribution in [0, 0.1) is 11.8 Å². The maximum Gasteiger partial charge on any atom is -0.0386 e. The molecule has 2 atom stereocenters. The molecule has 1 aliphatic rings. The Morgan fingerprint density at radius 3 is 2.00 bits per heavy atom. The van der Waals surface area contributed by atoms with Crippen molar-refractivity contribution in [1.29, 1.82) is 0 Å². The molecule has 0 heterocycles. The summed E-state index contributed by atoms with van der Waals surface area (Å²) in [6.45, 7) is 4.66. The lowest BCUT2D eigenvalue weighted by Gasteiger charge is -2.31. The van der Waals surface area contributed by atoms with Crippen LogP contribution in [-0.4, -0.2) is 0 Å². The van der Waals surface area contributed by atoms with E-state index in [-0.39, 0.29) is 0 Å². The van der Waals surface area contributed by atoms with E-state index in [4.69, 9.17) is 0 Å². The fourth-order valence-corrected chi connectivity index (χ4v) is 3.25. The van der Waals surface area contributed by atoms with Crippen LogP contribution < -0.4 is 0 Å². The third-order valence-electron chi connectivity index (χ3n) is 4.15. The van der Waals surface area contributed by atoms with E-state index in [0.29, 0.717) is 0 Å². The number of hydrogen-bond donors (Lipinski definition) is 0. The van der Waals surface area contributed by atoms with Gasteiger partial charge in [0.05, 0.1) is 0 Å². The minimum atomic E-state index is 1.09. The molecule has 0 unspecified atom stereocenters. The molecule has 0 aromatic rings. The summed E-state index contributed by atoms with van der Waals surface area (Å²) in [4.78, 5) is 0.